The molecule has 2 saturated carbocycles. The summed E-state index contributed by atoms with van der Waals surface area (Å²) in [6.07, 6.45) is 5.76. The van der Waals surface area contributed by atoms with Crippen LogP contribution < -0.4 is 4.72 Å². The van der Waals surface area contributed by atoms with Crippen molar-refractivity contribution in [2.24, 2.45) is 0 Å². The lowest BCUT2D eigenvalue weighted by Gasteiger charge is -2.16. The highest BCUT2D eigenvalue weighted by Crippen LogP contribution is 2.41. The summed E-state index contributed by atoms with van der Waals surface area (Å²) in [6.45, 7) is 0. The minimum Gasteiger partial charge on any atom is -0.391 e. The highest BCUT2D eigenvalue weighted by atomic mass is 32.2. The first-order chi connectivity index (χ1) is 13.5. The second-order valence-corrected chi connectivity index (χ2v) is 9.58. The number of aliphatic hydroxyl groups is 1. The molecule has 1 aromatic carbocycles. The minimum absolute atomic E-state index is 0.216. The van der Waals surface area contributed by atoms with E-state index in [1.165, 1.54) is 18.5 Å². The highest BCUT2D eigenvalue weighted by molar-refractivity contribution is 7.89. The molecule has 28 heavy (non-hydrogen) atoms. The number of nitrogens with zero attached hydrogens (tertiary/aromatic N) is 1. The third-order valence-corrected chi connectivity index (χ3v) is 7.34. The summed E-state index contributed by atoms with van der Waals surface area (Å²) < 4.78 is 27.9. The van der Waals surface area contributed by atoms with E-state index in [9.17, 15) is 13.5 Å². The van der Waals surface area contributed by atoms with Gasteiger partial charge in [-0.05, 0) is 73.4 Å². The van der Waals surface area contributed by atoms with E-state index in [0.29, 0.717) is 18.8 Å². The van der Waals surface area contributed by atoms with Crippen molar-refractivity contribution in [3.05, 3.63) is 48.3 Å². The molecule has 7 heteroatoms. The fourth-order valence-corrected chi connectivity index (χ4v) is 5.38. The summed E-state index contributed by atoms with van der Waals surface area (Å²) in [6, 6.07) is 10.6. The van der Waals surface area contributed by atoms with Gasteiger partial charge in [-0.15, -0.1) is 0 Å². The molecule has 2 fully saturated rings. The molecule has 0 bridgehead atoms. The Hall–Kier alpha value is -2.22. The Bertz CT molecular complexity index is 1120. The van der Waals surface area contributed by atoms with Gasteiger partial charge in [0.15, 0.2) is 0 Å². The third kappa shape index (κ3) is 3.23. The molecule has 2 aliphatic rings. The molecule has 0 unspecified atom stereocenters. The van der Waals surface area contributed by atoms with Crippen LogP contribution >= 0.6 is 0 Å². The summed E-state index contributed by atoms with van der Waals surface area (Å²) in [4.78, 5) is 8.06. The first-order valence-electron chi connectivity index (χ1n) is 9.80. The van der Waals surface area contributed by atoms with Crippen molar-refractivity contribution in [3.8, 4) is 11.1 Å². The summed E-state index contributed by atoms with van der Waals surface area (Å²) in [5.41, 5.74) is 4.09. The number of benzene rings is 1. The topological polar surface area (TPSA) is 95.1 Å². The molecule has 0 amide bonds. The van der Waals surface area contributed by atoms with Crippen LogP contribution in [0.4, 0.5) is 0 Å². The van der Waals surface area contributed by atoms with Crippen LogP contribution in [0.5, 0.6) is 0 Å². The largest absolute Gasteiger partial charge is 0.391 e. The van der Waals surface area contributed by atoms with Gasteiger partial charge in [0, 0.05) is 23.3 Å². The number of sulfonamides is 1. The van der Waals surface area contributed by atoms with Crippen LogP contribution in [-0.2, 0) is 10.0 Å². The van der Waals surface area contributed by atoms with E-state index in [2.05, 4.69) is 20.8 Å². The number of aromatic amines is 1. The maximum Gasteiger partial charge on any atom is 0.240 e. The molecule has 2 aliphatic carbocycles. The zero-order chi connectivity index (χ0) is 19.3. The molecule has 2 heterocycles. The standard InChI is InChI=1S/C21H23N3O3S/c25-20-3-1-2-18(20)24-28(26,27)15-8-6-13(7-9-15)16-10-11-22-21-17(16)12-19(23-21)14-4-5-14/h6-12,14,18,20,24-25H,1-5H2,(H,22,23)/t18-,20-/m0/s1. The number of hydrogen-bond donors (Lipinski definition) is 3. The van der Waals surface area contributed by atoms with E-state index in [4.69, 9.17) is 0 Å². The van der Waals surface area contributed by atoms with Crippen molar-refractivity contribution in [2.75, 3.05) is 0 Å². The van der Waals surface area contributed by atoms with E-state index in [1.54, 1.807) is 18.3 Å². The lowest BCUT2D eigenvalue weighted by molar-refractivity contribution is 0.159. The van der Waals surface area contributed by atoms with Crippen molar-refractivity contribution in [2.45, 2.75) is 55.1 Å². The molecular weight excluding hydrogens is 374 g/mol. The number of rotatable bonds is 5. The van der Waals surface area contributed by atoms with Crippen molar-refractivity contribution in [1.29, 1.82) is 0 Å². The van der Waals surface area contributed by atoms with E-state index in [1.807, 2.05) is 18.2 Å². The minimum atomic E-state index is -3.65. The number of aliphatic hydroxyl groups excluding tert-OH is 1. The van der Waals surface area contributed by atoms with Crippen LogP contribution in [0.1, 0.15) is 43.7 Å². The third-order valence-electron chi connectivity index (χ3n) is 5.83. The Morgan fingerprint density at radius 2 is 1.86 bits per heavy atom. The molecule has 0 spiro atoms. The molecule has 0 aliphatic heterocycles. The van der Waals surface area contributed by atoms with Gasteiger partial charge in [0.05, 0.1) is 11.0 Å². The second kappa shape index (κ2) is 6.69. The van der Waals surface area contributed by atoms with E-state index < -0.39 is 22.2 Å². The summed E-state index contributed by atoms with van der Waals surface area (Å²) >= 11 is 0. The molecule has 3 aromatic rings. The van der Waals surface area contributed by atoms with Gasteiger partial charge in [0.2, 0.25) is 10.0 Å². The smallest absolute Gasteiger partial charge is 0.240 e. The summed E-state index contributed by atoms with van der Waals surface area (Å²) in [5, 5.41) is 11.0. The van der Waals surface area contributed by atoms with Gasteiger partial charge >= 0.3 is 0 Å². The first kappa shape index (κ1) is 17.8. The number of aromatic nitrogens is 2. The predicted octanol–water partition coefficient (Wildman–Crippen LogP) is 3.30. The lowest BCUT2D eigenvalue weighted by atomic mass is 10.0. The van der Waals surface area contributed by atoms with Gasteiger partial charge in [0.25, 0.3) is 0 Å². The molecule has 3 N–H and O–H groups in total. The molecule has 0 radical (unpaired) electrons. The number of nitrogens with one attached hydrogen (secondary N) is 2. The average Bonchev–Trinajstić information content (AvgIpc) is 3.33. The Kier molecular flexibility index (Phi) is 4.26. The second-order valence-electron chi connectivity index (χ2n) is 7.87. The van der Waals surface area contributed by atoms with E-state index in [0.717, 1.165) is 28.6 Å². The predicted molar refractivity (Wildman–Crippen MR) is 107 cm³/mol. The van der Waals surface area contributed by atoms with Gasteiger partial charge < -0.3 is 10.1 Å². The van der Waals surface area contributed by atoms with Gasteiger partial charge in [-0.1, -0.05) is 12.1 Å². The Morgan fingerprint density at radius 1 is 1.07 bits per heavy atom. The van der Waals surface area contributed by atoms with E-state index in [-0.39, 0.29) is 4.90 Å². The molecule has 0 saturated heterocycles. The fourth-order valence-electron chi connectivity index (χ4n) is 4.07. The maximum atomic E-state index is 12.6. The molecule has 5 rings (SSSR count). The van der Waals surface area contributed by atoms with Gasteiger partial charge in [-0.25, -0.2) is 18.1 Å². The Morgan fingerprint density at radius 3 is 2.54 bits per heavy atom. The van der Waals surface area contributed by atoms with Crippen molar-refractivity contribution < 1.29 is 13.5 Å². The molecule has 2 atom stereocenters. The van der Waals surface area contributed by atoms with E-state index >= 15 is 0 Å². The van der Waals surface area contributed by atoms with Crippen LogP contribution in [0.25, 0.3) is 22.2 Å². The van der Waals surface area contributed by atoms with Crippen LogP contribution in [0.3, 0.4) is 0 Å². The summed E-state index contributed by atoms with van der Waals surface area (Å²) in [7, 11) is -3.65. The van der Waals surface area contributed by atoms with Crippen LogP contribution in [0, 0.1) is 0 Å². The monoisotopic (exact) mass is 397 g/mol. The van der Waals surface area contributed by atoms with Gasteiger partial charge in [-0.2, -0.15) is 0 Å². The van der Waals surface area contributed by atoms with Crippen LogP contribution in [-0.4, -0.2) is 35.6 Å². The van der Waals surface area contributed by atoms with Crippen molar-refractivity contribution in [3.63, 3.8) is 0 Å². The highest BCUT2D eigenvalue weighted by Gasteiger charge is 2.30. The average molecular weight is 398 g/mol. The maximum absolute atomic E-state index is 12.6. The Balaban J connectivity index is 1.44. The quantitative estimate of drug-likeness (QED) is 0.616. The number of pyridine rings is 1. The van der Waals surface area contributed by atoms with Crippen LogP contribution in [0.2, 0.25) is 0 Å². The first-order valence-corrected chi connectivity index (χ1v) is 11.3. The number of H-pyrrole nitrogens is 1. The molecule has 146 valence electrons. The van der Waals surface area contributed by atoms with Crippen molar-refractivity contribution >= 4 is 21.1 Å². The van der Waals surface area contributed by atoms with Gasteiger partial charge in [0.1, 0.15) is 5.65 Å². The van der Waals surface area contributed by atoms with Crippen LogP contribution in [0.15, 0.2) is 47.5 Å². The Labute approximate surface area is 164 Å². The SMILES string of the molecule is O=S(=O)(N[C@H]1CCC[C@@H]1O)c1ccc(-c2ccnc3[nH]c(C4CC4)cc23)cc1. The zero-order valence-electron chi connectivity index (χ0n) is 15.4. The van der Waals surface area contributed by atoms with Crippen molar-refractivity contribution in [1.82, 2.24) is 14.7 Å². The number of fused-ring (bicyclic) bond motifs is 1. The van der Waals surface area contributed by atoms with Gasteiger partial charge in [-0.3, -0.25) is 0 Å². The summed E-state index contributed by atoms with van der Waals surface area (Å²) in [5.74, 6) is 0.617. The lowest BCUT2D eigenvalue weighted by Crippen LogP contribution is -2.39. The molecular formula is C21H23N3O3S. The normalized spacial score (nSPS) is 22.8. The zero-order valence-corrected chi connectivity index (χ0v) is 16.2. The molecule has 2 aromatic heterocycles. The fraction of sp³-hybridized carbons (Fsp3) is 0.381. The number of hydrogen-bond acceptors (Lipinski definition) is 4. The molecule has 6 nitrogen and oxygen atoms in total.